The summed E-state index contributed by atoms with van der Waals surface area (Å²) in [4.78, 5) is 25.2. The Labute approximate surface area is 164 Å². The average Bonchev–Trinajstić information content (AvgIpc) is 2.71. The topological polar surface area (TPSA) is 78.4 Å². The quantitative estimate of drug-likeness (QED) is 0.566. The molecule has 2 amide bonds. The van der Waals surface area contributed by atoms with Crippen LogP contribution in [-0.4, -0.2) is 16.9 Å². The Morgan fingerprint density at radius 1 is 0.929 bits per heavy atom. The van der Waals surface area contributed by atoms with Crippen molar-refractivity contribution in [2.45, 2.75) is 19.4 Å². The van der Waals surface area contributed by atoms with Gasteiger partial charge >= 0.3 is 0 Å². The number of carbonyl (C=O) groups is 2. The molecule has 0 aliphatic carbocycles. The van der Waals surface area contributed by atoms with Gasteiger partial charge in [0.1, 0.15) is 5.75 Å². The first kappa shape index (κ1) is 19.2. The number of amides is 2. The molecule has 0 aliphatic heterocycles. The van der Waals surface area contributed by atoms with E-state index in [4.69, 9.17) is 0 Å². The molecule has 0 radical (unpaired) electrons. The lowest BCUT2D eigenvalue weighted by molar-refractivity contribution is -0.116. The van der Waals surface area contributed by atoms with Crippen molar-refractivity contribution in [1.29, 1.82) is 0 Å². The second-order valence-electron chi connectivity index (χ2n) is 6.58. The van der Waals surface area contributed by atoms with E-state index < -0.39 is 6.04 Å². The molecule has 0 fully saturated rings. The molecule has 28 heavy (non-hydrogen) atoms. The molecular weight excluding hydrogens is 352 g/mol. The molecule has 142 valence electrons. The average molecular weight is 374 g/mol. The number of phenolic OH excluding ortho intramolecular Hbond substituents is 1. The first-order valence-corrected chi connectivity index (χ1v) is 9.03. The number of phenols is 1. The van der Waals surface area contributed by atoms with E-state index in [1.807, 2.05) is 43.3 Å². The fraction of sp³-hybridized carbons (Fsp3) is 0.130. The Bertz CT molecular complexity index is 956. The monoisotopic (exact) mass is 374 g/mol. The third-order valence-electron chi connectivity index (χ3n) is 4.36. The van der Waals surface area contributed by atoms with Crippen LogP contribution in [-0.2, 0) is 4.79 Å². The molecule has 3 rings (SSSR count). The molecule has 3 aromatic rings. The SMILES string of the molecule is Cc1ccc(NC(=O)CC(NC(=O)c2ccccc2)c2ccccc2)c(O)c1. The number of benzene rings is 3. The van der Waals surface area contributed by atoms with Gasteiger partial charge in [0.25, 0.3) is 5.91 Å². The molecule has 0 saturated carbocycles. The van der Waals surface area contributed by atoms with Crippen molar-refractivity contribution >= 4 is 17.5 Å². The first-order chi connectivity index (χ1) is 13.5. The van der Waals surface area contributed by atoms with E-state index in [0.717, 1.165) is 11.1 Å². The normalized spacial score (nSPS) is 11.5. The summed E-state index contributed by atoms with van der Waals surface area (Å²) in [6.45, 7) is 1.86. The van der Waals surface area contributed by atoms with Gasteiger partial charge in [0.15, 0.2) is 0 Å². The molecule has 5 nitrogen and oxygen atoms in total. The Kier molecular flexibility index (Phi) is 6.07. The minimum Gasteiger partial charge on any atom is -0.506 e. The maximum Gasteiger partial charge on any atom is 0.251 e. The zero-order valence-corrected chi connectivity index (χ0v) is 15.6. The Morgan fingerprint density at radius 3 is 2.21 bits per heavy atom. The molecule has 0 bridgehead atoms. The highest BCUT2D eigenvalue weighted by atomic mass is 16.3. The number of aromatic hydroxyl groups is 1. The van der Waals surface area contributed by atoms with Gasteiger partial charge in [-0.2, -0.15) is 0 Å². The third-order valence-corrected chi connectivity index (χ3v) is 4.36. The molecule has 0 heterocycles. The van der Waals surface area contributed by atoms with Crippen LogP contribution >= 0.6 is 0 Å². The highest BCUT2D eigenvalue weighted by molar-refractivity contribution is 5.96. The summed E-state index contributed by atoms with van der Waals surface area (Å²) in [5, 5.41) is 15.6. The molecule has 0 aliphatic rings. The van der Waals surface area contributed by atoms with Gasteiger partial charge in [0, 0.05) is 5.56 Å². The van der Waals surface area contributed by atoms with E-state index >= 15 is 0 Å². The summed E-state index contributed by atoms with van der Waals surface area (Å²) in [5.74, 6) is -0.542. The Balaban J connectivity index is 1.75. The van der Waals surface area contributed by atoms with Crippen LogP contribution in [0.2, 0.25) is 0 Å². The van der Waals surface area contributed by atoms with Crippen molar-refractivity contribution < 1.29 is 14.7 Å². The van der Waals surface area contributed by atoms with Gasteiger partial charge in [-0.25, -0.2) is 0 Å². The third kappa shape index (κ3) is 4.98. The van der Waals surface area contributed by atoms with E-state index in [0.29, 0.717) is 11.3 Å². The predicted molar refractivity (Wildman–Crippen MR) is 109 cm³/mol. The molecule has 3 N–H and O–H groups in total. The van der Waals surface area contributed by atoms with E-state index in [1.165, 1.54) is 0 Å². The van der Waals surface area contributed by atoms with Crippen molar-refractivity contribution in [2.75, 3.05) is 5.32 Å². The Morgan fingerprint density at radius 2 is 1.57 bits per heavy atom. The summed E-state index contributed by atoms with van der Waals surface area (Å²) in [6, 6.07) is 22.8. The molecule has 0 spiro atoms. The number of aryl methyl sites for hydroxylation is 1. The van der Waals surface area contributed by atoms with Crippen LogP contribution in [0.3, 0.4) is 0 Å². The largest absolute Gasteiger partial charge is 0.506 e. The van der Waals surface area contributed by atoms with Crippen LogP contribution in [0.5, 0.6) is 5.75 Å². The zero-order valence-electron chi connectivity index (χ0n) is 15.6. The summed E-state index contributed by atoms with van der Waals surface area (Å²) in [6.07, 6.45) is 0.0376. The van der Waals surface area contributed by atoms with Crippen LogP contribution in [0, 0.1) is 6.92 Å². The molecule has 1 atom stereocenters. The summed E-state index contributed by atoms with van der Waals surface area (Å²) in [5.41, 5.74) is 2.60. The summed E-state index contributed by atoms with van der Waals surface area (Å²) in [7, 11) is 0. The lowest BCUT2D eigenvalue weighted by atomic mass is 10.0. The minimum atomic E-state index is -0.499. The van der Waals surface area contributed by atoms with Crippen molar-refractivity contribution in [2.24, 2.45) is 0 Å². The number of carbonyl (C=O) groups excluding carboxylic acids is 2. The smallest absolute Gasteiger partial charge is 0.251 e. The highest BCUT2D eigenvalue weighted by Gasteiger charge is 2.20. The maximum atomic E-state index is 12.6. The molecular formula is C23H22N2O3. The van der Waals surface area contributed by atoms with E-state index in [2.05, 4.69) is 10.6 Å². The first-order valence-electron chi connectivity index (χ1n) is 9.03. The maximum absolute atomic E-state index is 12.6. The fourth-order valence-electron chi connectivity index (χ4n) is 2.90. The molecule has 0 saturated heterocycles. The molecule has 5 heteroatoms. The van der Waals surface area contributed by atoms with Crippen molar-refractivity contribution in [1.82, 2.24) is 5.32 Å². The van der Waals surface area contributed by atoms with Gasteiger partial charge in [0.2, 0.25) is 5.91 Å². The number of rotatable bonds is 6. The van der Waals surface area contributed by atoms with Crippen molar-refractivity contribution in [3.63, 3.8) is 0 Å². The highest BCUT2D eigenvalue weighted by Crippen LogP contribution is 2.25. The lowest BCUT2D eigenvalue weighted by Gasteiger charge is -2.19. The summed E-state index contributed by atoms with van der Waals surface area (Å²) < 4.78 is 0. The molecule has 3 aromatic carbocycles. The van der Waals surface area contributed by atoms with Crippen molar-refractivity contribution in [3.05, 3.63) is 95.6 Å². The number of nitrogens with one attached hydrogen (secondary N) is 2. The summed E-state index contributed by atoms with van der Waals surface area (Å²) >= 11 is 0. The fourth-order valence-corrected chi connectivity index (χ4v) is 2.90. The van der Waals surface area contributed by atoms with Gasteiger partial charge in [0.05, 0.1) is 18.2 Å². The van der Waals surface area contributed by atoms with E-state index in [1.54, 1.807) is 42.5 Å². The second kappa shape index (κ2) is 8.86. The van der Waals surface area contributed by atoms with Crippen LogP contribution in [0.4, 0.5) is 5.69 Å². The second-order valence-corrected chi connectivity index (χ2v) is 6.58. The van der Waals surface area contributed by atoms with Gasteiger partial charge in [-0.15, -0.1) is 0 Å². The van der Waals surface area contributed by atoms with Crippen molar-refractivity contribution in [3.8, 4) is 5.75 Å². The number of anilines is 1. The van der Waals surface area contributed by atoms with Crippen LogP contribution in [0.15, 0.2) is 78.9 Å². The number of hydrogen-bond acceptors (Lipinski definition) is 3. The van der Waals surface area contributed by atoms with Gasteiger partial charge in [-0.3, -0.25) is 9.59 Å². The number of hydrogen-bond donors (Lipinski definition) is 3. The zero-order chi connectivity index (χ0) is 19.9. The minimum absolute atomic E-state index is 0.0120. The van der Waals surface area contributed by atoms with Crippen LogP contribution < -0.4 is 10.6 Å². The van der Waals surface area contributed by atoms with Crippen LogP contribution in [0.1, 0.15) is 33.9 Å². The van der Waals surface area contributed by atoms with Gasteiger partial charge in [-0.05, 0) is 42.3 Å². The van der Waals surface area contributed by atoms with E-state index in [-0.39, 0.29) is 24.0 Å². The van der Waals surface area contributed by atoms with Crippen LogP contribution in [0.25, 0.3) is 0 Å². The van der Waals surface area contributed by atoms with E-state index in [9.17, 15) is 14.7 Å². The predicted octanol–water partition coefficient (Wildman–Crippen LogP) is 4.20. The standard InChI is InChI=1S/C23H22N2O3/c1-16-12-13-19(21(26)14-16)24-22(27)15-20(17-8-4-2-5-9-17)25-23(28)18-10-6-3-7-11-18/h2-14,20,26H,15H2,1H3,(H,24,27)(H,25,28). The van der Waals surface area contributed by atoms with Gasteiger partial charge < -0.3 is 15.7 Å². The van der Waals surface area contributed by atoms with Gasteiger partial charge in [-0.1, -0.05) is 54.6 Å². The lowest BCUT2D eigenvalue weighted by Crippen LogP contribution is -2.31. The Hall–Kier alpha value is -3.60. The molecule has 0 aromatic heterocycles. The molecule has 1 unspecified atom stereocenters.